The van der Waals surface area contributed by atoms with E-state index in [0.29, 0.717) is 18.9 Å². The highest BCUT2D eigenvalue weighted by Crippen LogP contribution is 2.24. The van der Waals surface area contributed by atoms with E-state index in [9.17, 15) is 9.59 Å². The summed E-state index contributed by atoms with van der Waals surface area (Å²) in [5.41, 5.74) is 3.01. The first kappa shape index (κ1) is 25.9. The van der Waals surface area contributed by atoms with Crippen LogP contribution >= 0.6 is 0 Å². The van der Waals surface area contributed by atoms with Crippen molar-refractivity contribution in [2.75, 3.05) is 33.2 Å². The minimum Gasteiger partial charge on any atom is -0.335 e. The van der Waals surface area contributed by atoms with Gasteiger partial charge in [-0.15, -0.1) is 0 Å². The largest absolute Gasteiger partial charge is 0.335 e. The van der Waals surface area contributed by atoms with E-state index in [0.717, 1.165) is 31.8 Å². The van der Waals surface area contributed by atoms with Crippen LogP contribution in [0.5, 0.6) is 0 Å². The molecule has 7 nitrogen and oxygen atoms in total. The van der Waals surface area contributed by atoms with Gasteiger partial charge in [-0.05, 0) is 51.2 Å². The molecule has 0 radical (unpaired) electrons. The summed E-state index contributed by atoms with van der Waals surface area (Å²) in [6, 6.07) is 0.283. The van der Waals surface area contributed by atoms with E-state index in [1.54, 1.807) is 4.90 Å². The Morgan fingerprint density at radius 2 is 1.59 bits per heavy atom. The van der Waals surface area contributed by atoms with Crippen molar-refractivity contribution in [1.29, 1.82) is 0 Å². The Balaban J connectivity index is 0.000000627. The average Bonchev–Trinajstić information content (AvgIpc) is 2.66. The SMILES string of the molecule is CC.CC(C)C.CC(C)CC1ONC2CN(C3CCN(C)CC3)C(=O)CN2C1=O. The maximum atomic E-state index is 12.6. The third kappa shape index (κ3) is 7.87. The molecule has 0 bridgehead atoms. The molecular weight excluding hydrogens is 368 g/mol. The highest BCUT2D eigenvalue weighted by molar-refractivity contribution is 5.89. The second kappa shape index (κ2) is 12.5. The molecule has 0 aromatic rings. The van der Waals surface area contributed by atoms with Crippen LogP contribution in [0.25, 0.3) is 0 Å². The molecule has 3 fully saturated rings. The van der Waals surface area contributed by atoms with Gasteiger partial charge in [-0.3, -0.25) is 14.4 Å². The summed E-state index contributed by atoms with van der Waals surface area (Å²) in [7, 11) is 2.11. The van der Waals surface area contributed by atoms with Gasteiger partial charge in [0.25, 0.3) is 5.91 Å². The second-order valence-electron chi connectivity index (χ2n) is 9.15. The van der Waals surface area contributed by atoms with Crippen LogP contribution in [0.4, 0.5) is 0 Å². The van der Waals surface area contributed by atoms with Crippen LogP contribution in [-0.4, -0.2) is 78.1 Å². The van der Waals surface area contributed by atoms with Gasteiger partial charge < -0.3 is 14.7 Å². The summed E-state index contributed by atoms with van der Waals surface area (Å²) in [5, 5.41) is 0. The lowest BCUT2D eigenvalue weighted by Crippen LogP contribution is -2.69. The van der Waals surface area contributed by atoms with E-state index in [1.165, 1.54) is 0 Å². The third-order valence-corrected chi connectivity index (χ3v) is 5.09. The minimum absolute atomic E-state index is 0.0566. The predicted octanol–water partition coefficient (Wildman–Crippen LogP) is 2.72. The lowest BCUT2D eigenvalue weighted by molar-refractivity contribution is -0.192. The Labute approximate surface area is 178 Å². The smallest absolute Gasteiger partial charge is 0.255 e. The average molecular weight is 413 g/mol. The number of nitrogens with zero attached hydrogens (tertiary/aromatic N) is 3. The molecule has 3 saturated heterocycles. The van der Waals surface area contributed by atoms with Gasteiger partial charge in [0, 0.05) is 6.04 Å². The molecule has 170 valence electrons. The molecule has 2 unspecified atom stereocenters. The van der Waals surface area contributed by atoms with Gasteiger partial charge in [0.2, 0.25) is 5.91 Å². The summed E-state index contributed by atoms with van der Waals surface area (Å²) in [5.74, 6) is 1.22. The number of fused-ring (bicyclic) bond motifs is 1. The van der Waals surface area contributed by atoms with E-state index in [1.807, 2.05) is 18.7 Å². The Hall–Kier alpha value is -1.18. The number of amides is 2. The second-order valence-corrected chi connectivity index (χ2v) is 9.15. The molecule has 2 amide bonds. The van der Waals surface area contributed by atoms with Crippen molar-refractivity contribution in [3.05, 3.63) is 0 Å². The first-order valence-electron chi connectivity index (χ1n) is 11.4. The maximum Gasteiger partial charge on any atom is 0.255 e. The monoisotopic (exact) mass is 412 g/mol. The molecule has 3 aliphatic heterocycles. The molecule has 0 aliphatic carbocycles. The number of hydroxylamine groups is 1. The van der Waals surface area contributed by atoms with Crippen molar-refractivity contribution in [2.45, 2.75) is 86.0 Å². The maximum absolute atomic E-state index is 12.6. The van der Waals surface area contributed by atoms with E-state index in [2.05, 4.69) is 52.0 Å². The fourth-order valence-corrected chi connectivity index (χ4v) is 3.70. The van der Waals surface area contributed by atoms with Crippen LogP contribution < -0.4 is 5.48 Å². The number of hydrogen-bond donors (Lipinski definition) is 1. The number of carbonyl (C=O) groups excluding carboxylic acids is 2. The van der Waals surface area contributed by atoms with Crippen LogP contribution in [0, 0.1) is 11.8 Å². The third-order valence-electron chi connectivity index (χ3n) is 5.09. The van der Waals surface area contributed by atoms with Gasteiger partial charge >= 0.3 is 0 Å². The Kier molecular flexibility index (Phi) is 11.1. The molecule has 7 heteroatoms. The molecular formula is C22H44N4O3. The molecule has 2 atom stereocenters. The number of likely N-dealkylation sites (tertiary alicyclic amines) is 1. The topological polar surface area (TPSA) is 65.1 Å². The summed E-state index contributed by atoms with van der Waals surface area (Å²) >= 11 is 0. The van der Waals surface area contributed by atoms with Crippen molar-refractivity contribution in [3.8, 4) is 0 Å². The van der Waals surface area contributed by atoms with Gasteiger partial charge in [-0.2, -0.15) is 5.48 Å². The zero-order valence-electron chi connectivity index (χ0n) is 19.9. The summed E-state index contributed by atoms with van der Waals surface area (Å²) in [6.45, 7) is 17.3. The molecule has 0 aromatic heterocycles. The van der Waals surface area contributed by atoms with E-state index in [-0.39, 0.29) is 30.6 Å². The zero-order chi connectivity index (χ0) is 22.1. The Bertz CT molecular complexity index is 502. The van der Waals surface area contributed by atoms with Crippen LogP contribution in [-0.2, 0) is 14.4 Å². The van der Waals surface area contributed by atoms with Crippen LogP contribution in [0.15, 0.2) is 0 Å². The fourth-order valence-electron chi connectivity index (χ4n) is 3.70. The summed E-state index contributed by atoms with van der Waals surface area (Å²) in [4.78, 5) is 36.6. The van der Waals surface area contributed by atoms with E-state index < -0.39 is 6.10 Å². The molecule has 3 rings (SSSR count). The first-order valence-corrected chi connectivity index (χ1v) is 11.4. The number of nitrogens with one attached hydrogen (secondary N) is 1. The minimum atomic E-state index is -0.478. The summed E-state index contributed by atoms with van der Waals surface area (Å²) < 4.78 is 0. The number of hydrogen-bond acceptors (Lipinski definition) is 5. The van der Waals surface area contributed by atoms with Crippen molar-refractivity contribution < 1.29 is 14.4 Å². The van der Waals surface area contributed by atoms with Crippen molar-refractivity contribution >= 4 is 11.8 Å². The van der Waals surface area contributed by atoms with Crippen LogP contribution in [0.3, 0.4) is 0 Å². The van der Waals surface area contributed by atoms with E-state index >= 15 is 0 Å². The molecule has 3 aliphatic rings. The van der Waals surface area contributed by atoms with Crippen molar-refractivity contribution in [1.82, 2.24) is 20.2 Å². The Morgan fingerprint density at radius 3 is 2.10 bits per heavy atom. The molecule has 0 saturated carbocycles. The summed E-state index contributed by atoms with van der Waals surface area (Å²) in [6.07, 6.45) is 1.97. The van der Waals surface area contributed by atoms with E-state index in [4.69, 9.17) is 4.84 Å². The highest BCUT2D eigenvalue weighted by atomic mass is 16.7. The van der Waals surface area contributed by atoms with Crippen LogP contribution in [0.2, 0.25) is 0 Å². The standard InChI is InChI=1S/C16H28N4O3.C4H10.C2H6/c1-11(2)8-13-16(22)20-10-15(21)19(9-14(20)17-23-13)12-4-6-18(3)7-5-12;1-4(2)3;1-2/h11-14,17H,4-10H2,1-3H3;4H,1-3H3;1-2H3. The molecule has 29 heavy (non-hydrogen) atoms. The predicted molar refractivity (Wildman–Crippen MR) is 117 cm³/mol. The normalized spacial score (nSPS) is 26.0. The van der Waals surface area contributed by atoms with Gasteiger partial charge in [0.1, 0.15) is 12.7 Å². The quantitative estimate of drug-likeness (QED) is 0.772. The number of rotatable bonds is 3. The molecule has 0 aromatic carbocycles. The van der Waals surface area contributed by atoms with Gasteiger partial charge in [-0.25, -0.2) is 0 Å². The zero-order valence-corrected chi connectivity index (χ0v) is 19.9. The van der Waals surface area contributed by atoms with Gasteiger partial charge in [0.15, 0.2) is 6.10 Å². The molecule has 0 spiro atoms. The lowest BCUT2D eigenvalue weighted by Gasteiger charge is -2.48. The number of piperidine rings is 1. The highest BCUT2D eigenvalue weighted by Gasteiger charge is 2.44. The van der Waals surface area contributed by atoms with Crippen molar-refractivity contribution in [2.24, 2.45) is 11.8 Å². The molecule has 1 N–H and O–H groups in total. The first-order chi connectivity index (χ1) is 13.7. The van der Waals surface area contributed by atoms with Gasteiger partial charge in [0.05, 0.1) is 6.54 Å². The number of carbonyl (C=O) groups is 2. The van der Waals surface area contributed by atoms with Gasteiger partial charge in [-0.1, -0.05) is 48.5 Å². The Morgan fingerprint density at radius 1 is 1.03 bits per heavy atom. The molecule has 3 heterocycles. The fraction of sp³-hybridized carbons (Fsp3) is 0.909. The van der Waals surface area contributed by atoms with Crippen molar-refractivity contribution in [3.63, 3.8) is 0 Å². The van der Waals surface area contributed by atoms with Crippen LogP contribution in [0.1, 0.15) is 67.7 Å². The lowest BCUT2D eigenvalue weighted by atomic mass is 10.0. The number of piperazine rings is 1.